The van der Waals surface area contributed by atoms with E-state index < -0.39 is 0 Å². The molecule has 1 saturated heterocycles. The third-order valence-corrected chi connectivity index (χ3v) is 6.32. The van der Waals surface area contributed by atoms with Crippen LogP contribution in [-0.4, -0.2) is 16.0 Å². The van der Waals surface area contributed by atoms with Crippen molar-refractivity contribution >= 4 is 37.6 Å². The Morgan fingerprint density at radius 3 is 1.60 bits per heavy atom. The number of hydrogen-bond donors (Lipinski definition) is 3. The van der Waals surface area contributed by atoms with Gasteiger partial charge >= 0.3 is 0 Å². The first kappa shape index (κ1) is 18.4. The van der Waals surface area contributed by atoms with Crippen LogP contribution in [-0.2, 0) is 4.79 Å². The number of nitrogens with one attached hydrogen (secondary N) is 1. The van der Waals surface area contributed by atoms with Crippen LogP contribution in [0.15, 0.2) is 45.3 Å². The molecule has 0 aromatic heterocycles. The number of carbonyl (C=O) groups excluding carboxylic acids is 1. The highest BCUT2D eigenvalue weighted by Crippen LogP contribution is 2.45. The molecule has 4 nitrogen and oxygen atoms in total. The summed E-state index contributed by atoms with van der Waals surface area (Å²) in [5.74, 6) is -0.243. The number of rotatable bonds is 2. The van der Waals surface area contributed by atoms with E-state index >= 15 is 0 Å². The zero-order chi connectivity index (χ0) is 18.3. The lowest BCUT2D eigenvalue weighted by molar-refractivity contribution is -0.130. The van der Waals surface area contributed by atoms with Crippen LogP contribution in [0.3, 0.4) is 0 Å². The second-order valence-corrected chi connectivity index (χ2v) is 8.16. The molecule has 1 fully saturated rings. The smallest absolute Gasteiger partial charge is 0.142 e. The van der Waals surface area contributed by atoms with Gasteiger partial charge in [-0.3, -0.25) is 4.79 Å². The number of aromatic hydroxyl groups is 2. The van der Waals surface area contributed by atoms with Gasteiger partial charge < -0.3 is 15.5 Å². The van der Waals surface area contributed by atoms with Crippen LogP contribution in [0.1, 0.15) is 37.1 Å². The fourth-order valence-electron chi connectivity index (χ4n) is 3.56. The van der Waals surface area contributed by atoms with Crippen LogP contribution < -0.4 is 5.32 Å². The second kappa shape index (κ2) is 7.09. The Morgan fingerprint density at radius 1 is 0.840 bits per heavy atom. The molecular weight excluding hydrogens is 450 g/mol. The van der Waals surface area contributed by atoms with E-state index in [9.17, 15) is 15.0 Å². The Labute approximate surface area is 163 Å². The molecule has 2 aromatic carbocycles. The fourth-order valence-corrected chi connectivity index (χ4v) is 4.76. The van der Waals surface area contributed by atoms with Crippen molar-refractivity contribution in [2.45, 2.75) is 25.9 Å². The van der Waals surface area contributed by atoms with Gasteiger partial charge in [-0.1, -0.05) is 57.8 Å². The van der Waals surface area contributed by atoms with Gasteiger partial charge in [0.1, 0.15) is 17.3 Å². The highest BCUT2D eigenvalue weighted by Gasteiger charge is 2.42. The summed E-state index contributed by atoms with van der Waals surface area (Å²) in [4.78, 5) is 12.9. The van der Waals surface area contributed by atoms with Gasteiger partial charge in [0.15, 0.2) is 0 Å². The second-order valence-electron chi connectivity index (χ2n) is 6.45. The predicted molar refractivity (Wildman–Crippen MR) is 104 cm³/mol. The molecule has 3 N–H and O–H groups in total. The minimum absolute atomic E-state index is 0.0963. The summed E-state index contributed by atoms with van der Waals surface area (Å²) in [6.07, 6.45) is 0. The molecule has 1 heterocycles. The maximum absolute atomic E-state index is 12.9. The number of hydrogen-bond acceptors (Lipinski definition) is 4. The van der Waals surface area contributed by atoms with Gasteiger partial charge in [-0.15, -0.1) is 0 Å². The number of piperidine rings is 1. The standard InChI is InChI=1S/C19H19Br2NO3/c1-9-17(15-11(20)5-3-7-13(15)23)22-18(10(2)19(9)25)16-12(21)6-4-8-14(16)24/h3-10,17-18,22-24H,1-2H3/t9-,10-,17-,18+/m1/s1. The molecule has 0 saturated carbocycles. The number of Topliss-reactive ketones (excluding diaryl/α,β-unsaturated/α-hetero) is 1. The molecule has 4 atom stereocenters. The highest BCUT2D eigenvalue weighted by molar-refractivity contribution is 9.10. The van der Waals surface area contributed by atoms with E-state index in [1.165, 1.54) is 0 Å². The molecule has 3 rings (SSSR count). The Hall–Kier alpha value is -1.37. The van der Waals surface area contributed by atoms with E-state index in [4.69, 9.17) is 0 Å². The summed E-state index contributed by atoms with van der Waals surface area (Å²) >= 11 is 6.96. The molecular formula is C19H19Br2NO3. The Bertz CT molecular complexity index is 718. The van der Waals surface area contributed by atoms with Gasteiger partial charge in [0.05, 0.1) is 0 Å². The minimum Gasteiger partial charge on any atom is -0.508 e. The summed E-state index contributed by atoms with van der Waals surface area (Å²) in [6, 6.07) is 9.68. The summed E-state index contributed by atoms with van der Waals surface area (Å²) in [7, 11) is 0. The number of benzene rings is 2. The topological polar surface area (TPSA) is 69.6 Å². The third-order valence-electron chi connectivity index (χ3n) is 4.94. The Balaban J connectivity index is 2.09. The number of halogens is 2. The van der Waals surface area contributed by atoms with Crippen molar-refractivity contribution in [3.63, 3.8) is 0 Å². The maximum atomic E-state index is 12.9. The Kier molecular flexibility index (Phi) is 5.23. The summed E-state index contributed by atoms with van der Waals surface area (Å²) < 4.78 is 1.49. The average molecular weight is 469 g/mol. The van der Waals surface area contributed by atoms with E-state index in [-0.39, 0.29) is 41.2 Å². The molecule has 25 heavy (non-hydrogen) atoms. The van der Waals surface area contributed by atoms with Gasteiger partial charge in [-0.05, 0) is 24.3 Å². The van der Waals surface area contributed by atoms with Gasteiger partial charge in [-0.2, -0.15) is 0 Å². The zero-order valence-electron chi connectivity index (χ0n) is 13.8. The van der Waals surface area contributed by atoms with Crippen molar-refractivity contribution in [3.8, 4) is 11.5 Å². The molecule has 0 amide bonds. The van der Waals surface area contributed by atoms with Crippen molar-refractivity contribution < 1.29 is 15.0 Å². The van der Waals surface area contributed by atoms with E-state index in [0.717, 1.165) is 8.95 Å². The van der Waals surface area contributed by atoms with Crippen LogP contribution >= 0.6 is 31.9 Å². The Morgan fingerprint density at radius 2 is 1.24 bits per heavy atom. The van der Waals surface area contributed by atoms with Crippen LogP contribution in [0.25, 0.3) is 0 Å². The van der Waals surface area contributed by atoms with Crippen LogP contribution in [0.5, 0.6) is 11.5 Å². The molecule has 2 aromatic rings. The monoisotopic (exact) mass is 467 g/mol. The summed E-state index contributed by atoms with van der Waals surface area (Å²) in [5.41, 5.74) is 1.32. The normalized spacial score (nSPS) is 26.6. The third kappa shape index (κ3) is 3.23. The number of ketones is 1. The summed E-state index contributed by atoms with van der Waals surface area (Å²) in [6.45, 7) is 3.73. The molecule has 132 valence electrons. The molecule has 0 bridgehead atoms. The molecule has 1 aliphatic rings. The van der Waals surface area contributed by atoms with Crippen molar-refractivity contribution in [2.75, 3.05) is 0 Å². The lowest BCUT2D eigenvalue weighted by Gasteiger charge is -2.40. The van der Waals surface area contributed by atoms with Crippen molar-refractivity contribution in [1.29, 1.82) is 0 Å². The number of phenols is 2. The molecule has 0 aliphatic carbocycles. The van der Waals surface area contributed by atoms with Crippen molar-refractivity contribution in [1.82, 2.24) is 5.32 Å². The van der Waals surface area contributed by atoms with Gasteiger partial charge in [0.2, 0.25) is 0 Å². The average Bonchev–Trinajstić information content (AvgIpc) is 2.56. The first-order chi connectivity index (χ1) is 11.8. The largest absolute Gasteiger partial charge is 0.508 e. The van der Waals surface area contributed by atoms with Crippen molar-refractivity contribution in [3.05, 3.63) is 56.5 Å². The minimum atomic E-state index is -0.365. The fraction of sp³-hybridized carbons (Fsp3) is 0.316. The maximum Gasteiger partial charge on any atom is 0.142 e. The lowest BCUT2D eigenvalue weighted by Crippen LogP contribution is -2.46. The highest BCUT2D eigenvalue weighted by atomic mass is 79.9. The van der Waals surface area contributed by atoms with E-state index in [0.29, 0.717) is 11.1 Å². The van der Waals surface area contributed by atoms with Gasteiger partial charge in [0.25, 0.3) is 0 Å². The molecule has 1 aliphatic heterocycles. The molecule has 0 unspecified atom stereocenters. The molecule has 0 spiro atoms. The summed E-state index contributed by atoms with van der Waals surface area (Å²) in [5, 5.41) is 24.2. The first-order valence-corrected chi connectivity index (χ1v) is 9.66. The zero-order valence-corrected chi connectivity index (χ0v) is 17.0. The van der Waals surface area contributed by atoms with E-state index in [1.54, 1.807) is 24.3 Å². The van der Waals surface area contributed by atoms with Crippen molar-refractivity contribution in [2.24, 2.45) is 11.8 Å². The van der Waals surface area contributed by atoms with Gasteiger partial charge in [0, 0.05) is 44.0 Å². The predicted octanol–water partition coefficient (Wildman–Crippen LogP) is 4.85. The SMILES string of the molecule is C[C@H]1C(=O)[C@H](C)[C@H](c2c(O)cccc2Br)N[C@@H]1c1c(O)cccc1Br. The number of phenolic OH excluding ortho intramolecular Hbond substituents is 2. The van der Waals surface area contributed by atoms with E-state index in [1.807, 2.05) is 26.0 Å². The van der Waals surface area contributed by atoms with Crippen LogP contribution in [0.2, 0.25) is 0 Å². The number of carbonyl (C=O) groups is 1. The quantitative estimate of drug-likeness (QED) is 0.589. The molecule has 0 radical (unpaired) electrons. The van der Waals surface area contributed by atoms with Gasteiger partial charge in [-0.25, -0.2) is 0 Å². The lowest BCUT2D eigenvalue weighted by atomic mass is 9.76. The van der Waals surface area contributed by atoms with E-state index in [2.05, 4.69) is 37.2 Å². The first-order valence-electron chi connectivity index (χ1n) is 8.07. The van der Waals surface area contributed by atoms with Crippen LogP contribution in [0.4, 0.5) is 0 Å². The molecule has 6 heteroatoms. The van der Waals surface area contributed by atoms with Crippen LogP contribution in [0, 0.1) is 11.8 Å².